The summed E-state index contributed by atoms with van der Waals surface area (Å²) in [6.07, 6.45) is -9.39. The van der Waals surface area contributed by atoms with Gasteiger partial charge in [-0.1, -0.05) is 12.1 Å². The van der Waals surface area contributed by atoms with E-state index < -0.39 is 48.9 Å². The van der Waals surface area contributed by atoms with Gasteiger partial charge in [0.25, 0.3) is 0 Å². The third kappa shape index (κ3) is 8.58. The Kier molecular flexibility index (Phi) is 8.94. The maximum Gasteiger partial charge on any atom is 0.573 e. The highest BCUT2D eigenvalue weighted by molar-refractivity contribution is 5.94. The number of halogens is 6. The Morgan fingerprint density at radius 1 is 0.956 bits per heavy atom. The van der Waals surface area contributed by atoms with Crippen LogP contribution < -0.4 is 14.4 Å². The monoisotopic (exact) mass is 639 g/mol. The fourth-order valence-corrected chi connectivity index (χ4v) is 4.31. The first-order valence-electron chi connectivity index (χ1n) is 13.3. The molecule has 4 rings (SSSR count). The van der Waals surface area contributed by atoms with Crippen LogP contribution in [0.15, 0.2) is 60.9 Å². The molecule has 1 N–H and O–H groups in total. The zero-order valence-corrected chi connectivity index (χ0v) is 24.3. The van der Waals surface area contributed by atoms with Crippen molar-refractivity contribution < 1.29 is 55.2 Å². The lowest BCUT2D eigenvalue weighted by Gasteiger charge is -2.28. The Balaban J connectivity index is 1.90. The maximum absolute atomic E-state index is 13.4. The molecule has 1 amide bonds. The number of amides is 1. The SMILES string of the molecule is Cc1cc(-c2cnc3c(N(CCC(F)(F)F)C(=O)OC(C)(C)C)cc(Oc4cccc(OC(F)(F)F)c4)cn23)ccc1C(=O)O. The molecule has 15 heteroatoms. The number of benzene rings is 2. The number of ether oxygens (including phenoxy) is 3. The summed E-state index contributed by atoms with van der Waals surface area (Å²) < 4.78 is 95.0. The van der Waals surface area contributed by atoms with E-state index in [1.807, 2.05) is 0 Å². The molecule has 240 valence electrons. The number of hydrogen-bond acceptors (Lipinski definition) is 6. The van der Waals surface area contributed by atoms with Crippen LogP contribution >= 0.6 is 0 Å². The Morgan fingerprint density at radius 2 is 1.64 bits per heavy atom. The van der Waals surface area contributed by atoms with Gasteiger partial charge >= 0.3 is 24.6 Å². The number of imidazole rings is 1. The van der Waals surface area contributed by atoms with Gasteiger partial charge in [0.2, 0.25) is 0 Å². The number of alkyl halides is 6. The molecule has 0 aliphatic heterocycles. The minimum atomic E-state index is -4.98. The van der Waals surface area contributed by atoms with E-state index in [1.165, 1.54) is 67.9 Å². The summed E-state index contributed by atoms with van der Waals surface area (Å²) in [6, 6.07) is 10.2. The summed E-state index contributed by atoms with van der Waals surface area (Å²) in [6.45, 7) is 5.33. The van der Waals surface area contributed by atoms with Gasteiger partial charge in [-0.3, -0.25) is 9.30 Å². The van der Waals surface area contributed by atoms with E-state index in [-0.39, 0.29) is 28.4 Å². The molecule has 4 aromatic rings. The van der Waals surface area contributed by atoms with Gasteiger partial charge in [0.1, 0.15) is 22.8 Å². The molecule has 0 bridgehead atoms. The van der Waals surface area contributed by atoms with Crippen LogP contribution in [0.2, 0.25) is 0 Å². The van der Waals surface area contributed by atoms with Gasteiger partial charge in [0, 0.05) is 24.2 Å². The third-order valence-corrected chi connectivity index (χ3v) is 6.11. The Labute approximate surface area is 252 Å². The molecule has 0 spiro atoms. The van der Waals surface area contributed by atoms with Crippen molar-refractivity contribution in [3.63, 3.8) is 0 Å². The fraction of sp³-hybridized carbons (Fsp3) is 0.300. The van der Waals surface area contributed by atoms with Gasteiger partial charge in [-0.05, 0) is 57.5 Å². The summed E-state index contributed by atoms with van der Waals surface area (Å²) in [7, 11) is 0. The van der Waals surface area contributed by atoms with E-state index in [0.717, 1.165) is 17.0 Å². The van der Waals surface area contributed by atoms with E-state index >= 15 is 0 Å². The van der Waals surface area contributed by atoms with Gasteiger partial charge in [0.15, 0.2) is 5.65 Å². The van der Waals surface area contributed by atoms with Gasteiger partial charge in [-0.2, -0.15) is 13.2 Å². The average Bonchev–Trinajstić information content (AvgIpc) is 3.30. The molecule has 45 heavy (non-hydrogen) atoms. The minimum absolute atomic E-state index is 0.0134. The van der Waals surface area contributed by atoms with Crippen LogP contribution in [0.4, 0.5) is 36.8 Å². The van der Waals surface area contributed by atoms with Gasteiger partial charge < -0.3 is 19.3 Å². The first-order chi connectivity index (χ1) is 20.8. The van der Waals surface area contributed by atoms with Crippen LogP contribution in [0, 0.1) is 6.92 Å². The second-order valence-corrected chi connectivity index (χ2v) is 10.9. The van der Waals surface area contributed by atoms with Crippen molar-refractivity contribution in [1.29, 1.82) is 0 Å². The summed E-state index contributed by atoms with van der Waals surface area (Å²) in [4.78, 5) is 29.9. The Morgan fingerprint density at radius 3 is 2.24 bits per heavy atom. The van der Waals surface area contributed by atoms with Gasteiger partial charge in [0.05, 0.1) is 35.8 Å². The first-order valence-corrected chi connectivity index (χ1v) is 13.3. The number of aromatic nitrogens is 2. The summed E-state index contributed by atoms with van der Waals surface area (Å²) in [5.74, 6) is -1.95. The predicted octanol–water partition coefficient (Wildman–Crippen LogP) is 8.39. The lowest BCUT2D eigenvalue weighted by Crippen LogP contribution is -2.39. The topological polar surface area (TPSA) is 103 Å². The second-order valence-electron chi connectivity index (χ2n) is 10.9. The molecule has 0 aliphatic rings. The number of rotatable bonds is 8. The summed E-state index contributed by atoms with van der Waals surface area (Å²) in [5.41, 5.74) is 0.0315. The zero-order valence-electron chi connectivity index (χ0n) is 24.3. The molecule has 0 radical (unpaired) electrons. The number of aromatic carboxylic acids is 1. The average molecular weight is 640 g/mol. The molecular formula is C30H27F6N3O6. The summed E-state index contributed by atoms with van der Waals surface area (Å²) >= 11 is 0. The number of carbonyl (C=O) groups is 2. The molecule has 0 unspecified atom stereocenters. The molecule has 0 aliphatic carbocycles. The van der Waals surface area contributed by atoms with Crippen LogP contribution in [-0.2, 0) is 4.74 Å². The number of carbonyl (C=O) groups excluding carboxylic acids is 1. The number of aryl methyl sites for hydroxylation is 1. The standard InChI is InChI=1S/C30H27F6N3O6/c1-17-12-18(8-9-22(17)26(40)41)24-15-37-25-23(38(11-10-29(31,32)33)27(42)45-28(2,3)4)14-21(16-39(24)25)43-19-6-5-7-20(13-19)44-30(34,35)36/h5-9,12-16H,10-11H2,1-4H3,(H,40,41). The van der Waals surface area contributed by atoms with E-state index in [2.05, 4.69) is 9.72 Å². The lowest BCUT2D eigenvalue weighted by molar-refractivity contribution is -0.274. The zero-order chi connectivity index (χ0) is 33.3. The number of carboxylic acids is 1. The van der Waals surface area contributed by atoms with Gasteiger partial charge in [-0.25, -0.2) is 14.6 Å². The molecule has 0 fully saturated rings. The van der Waals surface area contributed by atoms with E-state index in [0.29, 0.717) is 16.8 Å². The number of nitrogens with zero attached hydrogens (tertiary/aromatic N) is 3. The van der Waals surface area contributed by atoms with Crippen LogP contribution in [0.1, 0.15) is 43.1 Å². The van der Waals surface area contributed by atoms with Crippen LogP contribution in [0.3, 0.4) is 0 Å². The van der Waals surface area contributed by atoms with Crippen LogP contribution in [-0.4, -0.2) is 51.2 Å². The highest BCUT2D eigenvalue weighted by atomic mass is 19.4. The van der Waals surface area contributed by atoms with Gasteiger partial charge in [-0.15, -0.1) is 13.2 Å². The van der Waals surface area contributed by atoms with Crippen molar-refractivity contribution in [1.82, 2.24) is 9.38 Å². The van der Waals surface area contributed by atoms with Crippen molar-refractivity contribution in [2.24, 2.45) is 0 Å². The highest BCUT2D eigenvalue weighted by Crippen LogP contribution is 2.36. The smallest absolute Gasteiger partial charge is 0.478 e. The van der Waals surface area contributed by atoms with E-state index in [9.17, 15) is 41.0 Å². The highest BCUT2D eigenvalue weighted by Gasteiger charge is 2.33. The molecule has 0 saturated carbocycles. The predicted molar refractivity (Wildman–Crippen MR) is 150 cm³/mol. The van der Waals surface area contributed by atoms with Crippen molar-refractivity contribution in [3.8, 4) is 28.5 Å². The number of fused-ring (bicyclic) bond motifs is 1. The molecule has 2 heterocycles. The Bertz CT molecular complexity index is 1730. The largest absolute Gasteiger partial charge is 0.573 e. The van der Waals surface area contributed by atoms with Crippen molar-refractivity contribution in [2.45, 2.75) is 52.3 Å². The second kappa shape index (κ2) is 12.2. The normalized spacial score (nSPS) is 12.2. The summed E-state index contributed by atoms with van der Waals surface area (Å²) in [5, 5.41) is 9.42. The maximum atomic E-state index is 13.4. The molecule has 9 nitrogen and oxygen atoms in total. The third-order valence-electron chi connectivity index (χ3n) is 6.11. The Hall–Kier alpha value is -4.95. The van der Waals surface area contributed by atoms with Crippen molar-refractivity contribution >= 4 is 23.4 Å². The number of pyridine rings is 1. The van der Waals surface area contributed by atoms with E-state index in [4.69, 9.17) is 9.47 Å². The molecule has 2 aromatic carbocycles. The van der Waals surface area contributed by atoms with Crippen LogP contribution in [0.25, 0.3) is 16.9 Å². The number of carboxylic acid groups (broad SMARTS) is 1. The number of hydrogen-bond donors (Lipinski definition) is 1. The van der Waals surface area contributed by atoms with Crippen molar-refractivity contribution in [2.75, 3.05) is 11.4 Å². The quantitative estimate of drug-likeness (QED) is 0.193. The molecule has 0 atom stereocenters. The number of anilines is 1. The molecular weight excluding hydrogens is 612 g/mol. The van der Waals surface area contributed by atoms with Crippen LogP contribution in [0.5, 0.6) is 17.2 Å². The molecule has 2 aromatic heterocycles. The van der Waals surface area contributed by atoms with E-state index in [1.54, 1.807) is 13.0 Å². The van der Waals surface area contributed by atoms with Crippen molar-refractivity contribution in [3.05, 3.63) is 72.1 Å². The minimum Gasteiger partial charge on any atom is -0.478 e. The first kappa shape index (κ1) is 33.0. The fourth-order valence-electron chi connectivity index (χ4n) is 4.31. The molecule has 0 saturated heterocycles. The lowest BCUT2D eigenvalue weighted by atomic mass is 10.0.